The van der Waals surface area contributed by atoms with Crippen LogP contribution in [-0.2, 0) is 16.9 Å². The monoisotopic (exact) mass is 363 g/mol. The van der Waals surface area contributed by atoms with Gasteiger partial charge < -0.3 is 4.57 Å². The zero-order chi connectivity index (χ0) is 18.5. The first kappa shape index (κ1) is 17.3. The fourth-order valence-corrected chi connectivity index (χ4v) is 4.47. The molecule has 0 bridgehead atoms. The van der Waals surface area contributed by atoms with Crippen LogP contribution in [0.1, 0.15) is 11.1 Å². The Bertz CT molecular complexity index is 1180. The van der Waals surface area contributed by atoms with Gasteiger partial charge in [-0.3, -0.25) is 4.79 Å². The molecule has 0 atom stereocenters. The minimum Gasteiger partial charge on any atom is -0.349 e. The molecular weight excluding hydrogens is 348 g/mol. The van der Waals surface area contributed by atoms with Crippen LogP contribution in [0.15, 0.2) is 51.1 Å². The molecule has 0 radical (unpaired) electrons. The molecule has 0 unspecified atom stereocenters. The van der Waals surface area contributed by atoms with Gasteiger partial charge in [-0.1, -0.05) is 12.1 Å². The number of pyridine rings is 1. The van der Waals surface area contributed by atoms with E-state index in [0.717, 1.165) is 23.9 Å². The molecule has 7 heteroatoms. The summed E-state index contributed by atoms with van der Waals surface area (Å²) in [5.74, 6) is -2.31. The van der Waals surface area contributed by atoms with E-state index in [0.29, 0.717) is 5.56 Å². The molecule has 25 heavy (non-hydrogen) atoms. The fraction of sp³-hybridized carbons (Fsp3) is 0.167. The zero-order valence-corrected chi connectivity index (χ0v) is 14.6. The van der Waals surface area contributed by atoms with Crippen LogP contribution in [0.5, 0.6) is 0 Å². The van der Waals surface area contributed by atoms with Crippen molar-refractivity contribution in [1.82, 2.24) is 4.57 Å². The van der Waals surface area contributed by atoms with E-state index in [-0.39, 0.29) is 15.8 Å². The highest BCUT2D eigenvalue weighted by molar-refractivity contribution is 7.91. The summed E-state index contributed by atoms with van der Waals surface area (Å²) in [5, 5.41) is -0.187. The van der Waals surface area contributed by atoms with Crippen molar-refractivity contribution < 1.29 is 17.2 Å². The maximum atomic E-state index is 13.6. The van der Waals surface area contributed by atoms with Crippen molar-refractivity contribution in [3.05, 3.63) is 69.5 Å². The Morgan fingerprint density at radius 3 is 2.28 bits per heavy atom. The lowest BCUT2D eigenvalue weighted by Crippen LogP contribution is -2.19. The lowest BCUT2D eigenvalue weighted by atomic mass is 10.2. The largest absolute Gasteiger partial charge is 0.349 e. The number of aryl methyl sites for hydroxylation is 3. The number of halogens is 2. The second-order valence-corrected chi connectivity index (χ2v) is 7.88. The van der Waals surface area contributed by atoms with Crippen LogP contribution in [0, 0.1) is 25.5 Å². The fourth-order valence-electron chi connectivity index (χ4n) is 2.75. The molecule has 0 saturated carbocycles. The van der Waals surface area contributed by atoms with Gasteiger partial charge in [0.05, 0.1) is 15.8 Å². The van der Waals surface area contributed by atoms with Gasteiger partial charge in [-0.15, -0.1) is 0 Å². The highest BCUT2D eigenvalue weighted by atomic mass is 32.2. The van der Waals surface area contributed by atoms with Crippen molar-refractivity contribution in [3.8, 4) is 0 Å². The van der Waals surface area contributed by atoms with Crippen LogP contribution in [-0.4, -0.2) is 13.0 Å². The molecule has 1 aromatic heterocycles. The third kappa shape index (κ3) is 2.74. The molecule has 3 rings (SSSR count). The molecule has 0 N–H and O–H groups in total. The van der Waals surface area contributed by atoms with Gasteiger partial charge in [-0.2, -0.15) is 0 Å². The summed E-state index contributed by atoms with van der Waals surface area (Å²) in [6.45, 7) is 3.38. The second-order valence-electron chi connectivity index (χ2n) is 5.99. The molecule has 0 aliphatic heterocycles. The number of aromatic nitrogens is 1. The Hall–Kier alpha value is -2.54. The lowest BCUT2D eigenvalue weighted by Gasteiger charge is -2.12. The first-order valence-corrected chi connectivity index (χ1v) is 8.92. The van der Waals surface area contributed by atoms with Gasteiger partial charge in [0.15, 0.2) is 11.6 Å². The average molecular weight is 363 g/mol. The second kappa shape index (κ2) is 5.77. The quantitative estimate of drug-likeness (QED) is 0.702. The van der Waals surface area contributed by atoms with Crippen molar-refractivity contribution in [2.75, 3.05) is 0 Å². The lowest BCUT2D eigenvalue weighted by molar-refractivity contribution is 0.510. The summed E-state index contributed by atoms with van der Waals surface area (Å²) in [7, 11) is -2.64. The molecule has 1 heterocycles. The van der Waals surface area contributed by atoms with Gasteiger partial charge in [-0.25, -0.2) is 17.2 Å². The SMILES string of the molecule is Cc1ccc(C)c(S(=O)(=O)c2cn(C)c3cc(F)c(F)cc3c2=O)c1. The topological polar surface area (TPSA) is 56.1 Å². The van der Waals surface area contributed by atoms with Crippen molar-refractivity contribution in [3.63, 3.8) is 0 Å². The average Bonchev–Trinajstić information content (AvgIpc) is 2.54. The molecule has 4 nitrogen and oxygen atoms in total. The summed E-state index contributed by atoms with van der Waals surface area (Å²) in [6.07, 6.45) is 1.14. The maximum Gasteiger partial charge on any atom is 0.212 e. The number of rotatable bonds is 2. The Morgan fingerprint density at radius 2 is 1.60 bits per heavy atom. The molecular formula is C18H15F2NO3S. The van der Waals surface area contributed by atoms with E-state index in [1.54, 1.807) is 26.0 Å². The summed E-state index contributed by atoms with van der Waals surface area (Å²) in [4.78, 5) is 12.2. The number of sulfone groups is 1. The highest BCUT2D eigenvalue weighted by Crippen LogP contribution is 2.25. The molecule has 3 aromatic rings. The number of benzene rings is 2. The number of hydrogen-bond acceptors (Lipinski definition) is 3. The van der Waals surface area contributed by atoms with Gasteiger partial charge in [0.25, 0.3) is 0 Å². The van der Waals surface area contributed by atoms with E-state index in [2.05, 4.69) is 0 Å². The summed E-state index contributed by atoms with van der Waals surface area (Å²) in [5.41, 5.74) is 0.490. The van der Waals surface area contributed by atoms with E-state index in [4.69, 9.17) is 0 Å². The van der Waals surface area contributed by atoms with Gasteiger partial charge in [0.1, 0.15) is 4.90 Å². The number of nitrogens with zero attached hydrogens (tertiary/aromatic N) is 1. The number of fused-ring (bicyclic) bond motifs is 1. The molecule has 130 valence electrons. The third-order valence-corrected chi connectivity index (χ3v) is 6.01. The van der Waals surface area contributed by atoms with E-state index in [1.807, 2.05) is 0 Å². The van der Waals surface area contributed by atoms with Crippen molar-refractivity contribution in [1.29, 1.82) is 0 Å². The first-order chi connectivity index (χ1) is 11.6. The predicted octanol–water partition coefficient (Wildman–Crippen LogP) is 3.27. The highest BCUT2D eigenvalue weighted by Gasteiger charge is 2.25. The van der Waals surface area contributed by atoms with Crippen LogP contribution in [0.2, 0.25) is 0 Å². The van der Waals surface area contributed by atoms with Gasteiger partial charge in [-0.05, 0) is 37.1 Å². The molecule has 0 fully saturated rings. The zero-order valence-electron chi connectivity index (χ0n) is 13.8. The van der Waals surface area contributed by atoms with Crippen molar-refractivity contribution in [2.45, 2.75) is 23.6 Å². The van der Waals surface area contributed by atoms with E-state index in [9.17, 15) is 22.0 Å². The maximum absolute atomic E-state index is 13.6. The van der Waals surface area contributed by atoms with Crippen LogP contribution in [0.4, 0.5) is 8.78 Å². The van der Waals surface area contributed by atoms with E-state index in [1.165, 1.54) is 17.7 Å². The normalized spacial score (nSPS) is 11.9. The molecule has 0 spiro atoms. The standard InChI is InChI=1S/C18H15F2NO3S/c1-10-4-5-11(2)16(6-10)25(23,24)17-9-21(3)15-8-14(20)13(19)7-12(15)18(17)22/h4-9H,1-3H3. The number of hydrogen-bond donors (Lipinski definition) is 0. The van der Waals surface area contributed by atoms with E-state index >= 15 is 0 Å². The van der Waals surface area contributed by atoms with Crippen LogP contribution in [0.25, 0.3) is 10.9 Å². The summed E-state index contributed by atoms with van der Waals surface area (Å²) >= 11 is 0. The van der Waals surface area contributed by atoms with E-state index < -0.39 is 31.8 Å². The molecule has 0 aliphatic rings. The summed E-state index contributed by atoms with van der Waals surface area (Å²) in [6, 6.07) is 6.52. The molecule has 0 aliphatic carbocycles. The Morgan fingerprint density at radius 1 is 0.960 bits per heavy atom. The predicted molar refractivity (Wildman–Crippen MR) is 90.5 cm³/mol. The van der Waals surface area contributed by atoms with Gasteiger partial charge in [0, 0.05) is 19.3 Å². The summed E-state index contributed by atoms with van der Waals surface area (Å²) < 4.78 is 54.3. The smallest absolute Gasteiger partial charge is 0.212 e. The third-order valence-electron chi connectivity index (χ3n) is 4.12. The Balaban J connectivity index is 2.40. The van der Waals surface area contributed by atoms with Crippen LogP contribution in [0.3, 0.4) is 0 Å². The van der Waals surface area contributed by atoms with Crippen LogP contribution >= 0.6 is 0 Å². The minimum atomic E-state index is -4.11. The Labute approximate surface area is 143 Å². The Kier molecular flexibility index (Phi) is 3.99. The minimum absolute atomic E-state index is 0.0199. The van der Waals surface area contributed by atoms with Gasteiger partial charge >= 0.3 is 0 Å². The van der Waals surface area contributed by atoms with Crippen molar-refractivity contribution in [2.24, 2.45) is 7.05 Å². The molecule has 0 amide bonds. The van der Waals surface area contributed by atoms with Crippen molar-refractivity contribution >= 4 is 20.7 Å². The molecule has 0 saturated heterocycles. The van der Waals surface area contributed by atoms with Crippen LogP contribution < -0.4 is 5.43 Å². The first-order valence-electron chi connectivity index (χ1n) is 7.43. The molecule has 2 aromatic carbocycles. The van der Waals surface area contributed by atoms with Gasteiger partial charge in [0.2, 0.25) is 15.3 Å².